The lowest BCUT2D eigenvalue weighted by molar-refractivity contribution is -0.138. The number of nitrogens with one attached hydrogen (secondary N) is 1. The van der Waals surface area contributed by atoms with E-state index in [1.165, 1.54) is 5.56 Å². The van der Waals surface area contributed by atoms with Crippen LogP contribution in [0, 0.1) is 0 Å². The van der Waals surface area contributed by atoms with Gasteiger partial charge in [0, 0.05) is 43.6 Å². The number of hydrogen-bond donors (Lipinski definition) is 2. The summed E-state index contributed by atoms with van der Waals surface area (Å²) in [4.78, 5) is 26.2. The number of carbonyl (C=O) groups is 2. The first-order valence-corrected chi connectivity index (χ1v) is 9.45. The molecule has 1 unspecified atom stereocenters. The average Bonchev–Trinajstić information content (AvgIpc) is 2.97. The van der Waals surface area contributed by atoms with Crippen molar-refractivity contribution in [3.8, 4) is 0 Å². The van der Waals surface area contributed by atoms with Gasteiger partial charge in [0.1, 0.15) is 5.60 Å². The maximum Gasteiger partial charge on any atom is 0.293 e. The number of anilines is 2. The van der Waals surface area contributed by atoms with Gasteiger partial charge < -0.3 is 20.7 Å². The van der Waals surface area contributed by atoms with E-state index < -0.39 is 0 Å². The van der Waals surface area contributed by atoms with E-state index in [1.54, 1.807) is 0 Å². The van der Waals surface area contributed by atoms with Crippen LogP contribution in [0.5, 0.6) is 0 Å². The lowest BCUT2D eigenvalue weighted by atomic mass is 10.1. The van der Waals surface area contributed by atoms with Gasteiger partial charge in [-0.2, -0.15) is 0 Å². The molecule has 1 amide bonds. The van der Waals surface area contributed by atoms with E-state index in [9.17, 15) is 9.59 Å². The summed E-state index contributed by atoms with van der Waals surface area (Å²) in [6, 6.07) is 6.31. The SMILES string of the molecule is CC(C)(C)OC=O.CC1CN(CC(=O)N2CCc3ccc(N)cc32)CCN1. The molecule has 0 radical (unpaired) electrons. The Morgan fingerprint density at radius 2 is 2.11 bits per heavy atom. The Hall–Kier alpha value is -2.12. The molecule has 2 heterocycles. The molecule has 2 aliphatic rings. The van der Waals surface area contributed by atoms with Crippen LogP contribution < -0.4 is 16.0 Å². The molecule has 0 aliphatic carbocycles. The topological polar surface area (TPSA) is 87.9 Å². The van der Waals surface area contributed by atoms with Crippen LogP contribution in [0.2, 0.25) is 0 Å². The maximum atomic E-state index is 12.5. The number of hydrogen-bond acceptors (Lipinski definition) is 6. The minimum atomic E-state index is -0.318. The predicted molar refractivity (Wildman–Crippen MR) is 108 cm³/mol. The normalized spacial score (nSPS) is 19.7. The first-order chi connectivity index (χ1) is 12.7. The molecular formula is C20H32N4O3. The van der Waals surface area contributed by atoms with E-state index in [2.05, 4.69) is 21.9 Å². The molecule has 2 aliphatic heterocycles. The van der Waals surface area contributed by atoms with Crippen LogP contribution >= 0.6 is 0 Å². The molecule has 1 fully saturated rings. The van der Waals surface area contributed by atoms with Gasteiger partial charge >= 0.3 is 0 Å². The quantitative estimate of drug-likeness (QED) is 0.613. The molecule has 27 heavy (non-hydrogen) atoms. The number of ether oxygens (including phenoxy) is 1. The largest absolute Gasteiger partial charge is 0.462 e. The number of nitrogens with zero attached hydrogens (tertiary/aromatic N) is 2. The Bertz CT molecular complexity index is 657. The molecule has 7 heteroatoms. The molecule has 0 saturated carbocycles. The van der Waals surface area contributed by atoms with Crippen LogP contribution in [0.1, 0.15) is 33.3 Å². The number of fused-ring (bicyclic) bond motifs is 1. The van der Waals surface area contributed by atoms with Crippen molar-refractivity contribution >= 4 is 23.8 Å². The Morgan fingerprint density at radius 3 is 2.70 bits per heavy atom. The highest BCUT2D eigenvalue weighted by molar-refractivity contribution is 5.97. The maximum absolute atomic E-state index is 12.5. The summed E-state index contributed by atoms with van der Waals surface area (Å²) in [6.45, 7) is 12.2. The van der Waals surface area contributed by atoms with Crippen molar-refractivity contribution in [1.82, 2.24) is 10.2 Å². The number of nitrogen functional groups attached to an aromatic ring is 1. The molecule has 1 atom stereocenters. The predicted octanol–water partition coefficient (Wildman–Crippen LogP) is 1.41. The van der Waals surface area contributed by atoms with Gasteiger partial charge in [-0.15, -0.1) is 0 Å². The first-order valence-electron chi connectivity index (χ1n) is 9.45. The van der Waals surface area contributed by atoms with Crippen molar-refractivity contribution in [3.63, 3.8) is 0 Å². The van der Waals surface area contributed by atoms with E-state index in [0.717, 1.165) is 44.0 Å². The fraction of sp³-hybridized carbons (Fsp3) is 0.600. The molecule has 3 N–H and O–H groups in total. The fourth-order valence-corrected chi connectivity index (χ4v) is 3.23. The Morgan fingerprint density at radius 1 is 1.37 bits per heavy atom. The lowest BCUT2D eigenvalue weighted by Gasteiger charge is -2.32. The molecule has 1 aromatic rings. The zero-order chi connectivity index (χ0) is 20.0. The van der Waals surface area contributed by atoms with Crippen molar-refractivity contribution in [2.45, 2.75) is 45.8 Å². The summed E-state index contributed by atoms with van der Waals surface area (Å²) in [5, 5.41) is 3.39. The number of benzene rings is 1. The molecule has 0 spiro atoms. The summed E-state index contributed by atoms with van der Waals surface area (Å²) in [7, 11) is 0. The van der Waals surface area contributed by atoms with E-state index in [0.29, 0.717) is 19.1 Å². The number of nitrogens with two attached hydrogens (primary N) is 1. The standard InChI is InChI=1S/C15H22N4O.C5H10O2/c1-11-9-18(7-5-17-11)10-15(20)19-6-4-12-2-3-13(16)8-14(12)19;1-5(2,3)7-4-6/h2-3,8,11,17H,4-7,9-10,16H2,1H3;4H,1-3H3. The van der Waals surface area contributed by atoms with Crippen LogP contribution in [-0.2, 0) is 20.7 Å². The van der Waals surface area contributed by atoms with E-state index in [4.69, 9.17) is 5.73 Å². The highest BCUT2D eigenvalue weighted by Gasteiger charge is 2.27. The second-order valence-electron chi connectivity index (χ2n) is 8.10. The zero-order valence-electron chi connectivity index (χ0n) is 16.8. The second-order valence-corrected chi connectivity index (χ2v) is 8.10. The van der Waals surface area contributed by atoms with Crippen LogP contribution in [0.25, 0.3) is 0 Å². The lowest BCUT2D eigenvalue weighted by Crippen LogP contribution is -2.52. The van der Waals surface area contributed by atoms with Crippen LogP contribution in [0.4, 0.5) is 11.4 Å². The number of piperazine rings is 1. The molecule has 1 saturated heterocycles. The summed E-state index contributed by atoms with van der Waals surface area (Å²) >= 11 is 0. The van der Waals surface area contributed by atoms with Crippen molar-refractivity contribution in [2.75, 3.05) is 43.4 Å². The van der Waals surface area contributed by atoms with Crippen LogP contribution in [-0.4, -0.2) is 61.6 Å². The van der Waals surface area contributed by atoms with Gasteiger partial charge in [0.15, 0.2) is 0 Å². The van der Waals surface area contributed by atoms with Gasteiger partial charge in [0.05, 0.1) is 6.54 Å². The van der Waals surface area contributed by atoms with Gasteiger partial charge in [-0.25, -0.2) is 0 Å². The molecular weight excluding hydrogens is 344 g/mol. The Kier molecular flexibility index (Phi) is 7.21. The van der Waals surface area contributed by atoms with Crippen molar-refractivity contribution in [2.24, 2.45) is 0 Å². The van der Waals surface area contributed by atoms with Gasteiger partial charge in [0.2, 0.25) is 5.91 Å². The molecule has 0 bridgehead atoms. The van der Waals surface area contributed by atoms with Crippen molar-refractivity contribution in [1.29, 1.82) is 0 Å². The highest BCUT2D eigenvalue weighted by atomic mass is 16.5. The fourth-order valence-electron chi connectivity index (χ4n) is 3.23. The van der Waals surface area contributed by atoms with Crippen molar-refractivity contribution < 1.29 is 14.3 Å². The monoisotopic (exact) mass is 376 g/mol. The molecule has 150 valence electrons. The molecule has 1 aromatic carbocycles. The van der Waals surface area contributed by atoms with E-state index >= 15 is 0 Å². The summed E-state index contributed by atoms with van der Waals surface area (Å²) in [5.74, 6) is 0.184. The minimum Gasteiger partial charge on any atom is -0.462 e. The van der Waals surface area contributed by atoms with Gasteiger partial charge in [0.25, 0.3) is 6.47 Å². The smallest absolute Gasteiger partial charge is 0.293 e. The number of rotatable bonds is 3. The van der Waals surface area contributed by atoms with Gasteiger partial charge in [-0.05, 0) is 51.8 Å². The zero-order valence-corrected chi connectivity index (χ0v) is 16.8. The second kappa shape index (κ2) is 9.19. The Labute approximate surface area is 161 Å². The van der Waals surface area contributed by atoms with Crippen LogP contribution in [0.3, 0.4) is 0 Å². The van der Waals surface area contributed by atoms with Crippen LogP contribution in [0.15, 0.2) is 18.2 Å². The highest BCUT2D eigenvalue weighted by Crippen LogP contribution is 2.30. The third-order valence-electron chi connectivity index (χ3n) is 4.52. The summed E-state index contributed by atoms with van der Waals surface area (Å²) in [6.07, 6.45) is 0.930. The molecule has 7 nitrogen and oxygen atoms in total. The van der Waals surface area contributed by atoms with E-state index in [1.807, 2.05) is 43.9 Å². The van der Waals surface area contributed by atoms with E-state index in [-0.39, 0.29) is 11.5 Å². The third kappa shape index (κ3) is 6.52. The Balaban J connectivity index is 0.000000321. The third-order valence-corrected chi connectivity index (χ3v) is 4.52. The summed E-state index contributed by atoms with van der Waals surface area (Å²) < 4.78 is 4.55. The molecule has 3 rings (SSSR count). The van der Waals surface area contributed by atoms with Crippen molar-refractivity contribution in [3.05, 3.63) is 23.8 Å². The number of amides is 1. The summed E-state index contributed by atoms with van der Waals surface area (Å²) in [5.41, 5.74) is 8.46. The van der Waals surface area contributed by atoms with Gasteiger partial charge in [-0.3, -0.25) is 14.5 Å². The number of carbonyl (C=O) groups excluding carboxylic acids is 2. The average molecular weight is 377 g/mol. The van der Waals surface area contributed by atoms with Gasteiger partial charge in [-0.1, -0.05) is 6.07 Å². The first kappa shape index (κ1) is 21.2. The molecule has 0 aromatic heterocycles. The minimum absolute atomic E-state index is 0.184.